The Morgan fingerprint density at radius 1 is 1.35 bits per heavy atom. The molecule has 0 aliphatic carbocycles. The number of thiazole rings is 1. The average Bonchev–Trinajstić information content (AvgIpc) is 3.20. The Hall–Kier alpha value is -3.85. The first-order chi connectivity index (χ1) is 15.9. The standard InChI is InChI=1S/C19H16F4N6O4S/c1-29-16(31)15(11(6-24)27-18(29)32)10(25)5-14(30)28-17-26-12(7-34-17)8-2-3-13(9(20)4-8)33-19(21,22)23/h2-4,7,25H,5-6,24H2,1H3,(H,27,32)(H,26,28,30). The van der Waals surface area contributed by atoms with Gasteiger partial charge in [-0.2, -0.15) is 0 Å². The number of benzene rings is 1. The third-order valence-electron chi connectivity index (χ3n) is 4.43. The van der Waals surface area contributed by atoms with Crippen LogP contribution in [0.25, 0.3) is 11.3 Å². The summed E-state index contributed by atoms with van der Waals surface area (Å²) in [5, 5.41) is 12.0. The fourth-order valence-electron chi connectivity index (χ4n) is 2.87. The molecule has 0 saturated carbocycles. The van der Waals surface area contributed by atoms with Crippen LogP contribution in [0.4, 0.5) is 22.7 Å². The summed E-state index contributed by atoms with van der Waals surface area (Å²) in [4.78, 5) is 42.8. The van der Waals surface area contributed by atoms with Crippen LogP contribution in [0.3, 0.4) is 0 Å². The van der Waals surface area contributed by atoms with E-state index in [4.69, 9.17) is 11.1 Å². The van der Waals surface area contributed by atoms with Crippen molar-refractivity contribution in [3.63, 3.8) is 0 Å². The summed E-state index contributed by atoms with van der Waals surface area (Å²) in [5.41, 5.74) is 3.78. The van der Waals surface area contributed by atoms with Gasteiger partial charge in [0.15, 0.2) is 16.7 Å². The molecule has 0 atom stereocenters. The summed E-state index contributed by atoms with van der Waals surface area (Å²) in [6, 6.07) is 2.77. The highest BCUT2D eigenvalue weighted by molar-refractivity contribution is 7.14. The van der Waals surface area contributed by atoms with E-state index in [0.717, 1.165) is 28.0 Å². The highest BCUT2D eigenvalue weighted by atomic mass is 32.1. The van der Waals surface area contributed by atoms with Crippen molar-refractivity contribution in [3.8, 4) is 17.0 Å². The number of ether oxygens (including phenoxy) is 1. The number of alkyl halides is 3. The lowest BCUT2D eigenvalue weighted by atomic mass is 10.1. The third-order valence-corrected chi connectivity index (χ3v) is 5.19. The molecule has 34 heavy (non-hydrogen) atoms. The molecule has 5 N–H and O–H groups in total. The number of carbonyl (C=O) groups is 1. The lowest BCUT2D eigenvalue weighted by molar-refractivity contribution is -0.275. The predicted octanol–water partition coefficient (Wildman–Crippen LogP) is 2.09. The fourth-order valence-corrected chi connectivity index (χ4v) is 3.61. The topological polar surface area (TPSA) is 156 Å². The van der Waals surface area contributed by atoms with Crippen LogP contribution in [0.15, 0.2) is 33.2 Å². The molecule has 3 aromatic rings. The van der Waals surface area contributed by atoms with Crippen LogP contribution >= 0.6 is 11.3 Å². The van der Waals surface area contributed by atoms with Gasteiger partial charge in [0.05, 0.1) is 23.4 Å². The predicted molar refractivity (Wildman–Crippen MR) is 114 cm³/mol. The van der Waals surface area contributed by atoms with Crippen molar-refractivity contribution in [1.29, 1.82) is 5.41 Å². The first-order valence-electron chi connectivity index (χ1n) is 9.30. The zero-order valence-electron chi connectivity index (χ0n) is 17.2. The third kappa shape index (κ3) is 5.55. The number of aromatic nitrogens is 3. The molecule has 0 spiro atoms. The number of halogens is 4. The van der Waals surface area contributed by atoms with Gasteiger partial charge in [-0.3, -0.25) is 14.2 Å². The van der Waals surface area contributed by atoms with E-state index in [9.17, 15) is 31.9 Å². The molecular formula is C19H16F4N6O4S. The van der Waals surface area contributed by atoms with Gasteiger partial charge in [-0.1, -0.05) is 0 Å². The summed E-state index contributed by atoms with van der Waals surface area (Å²) in [6.07, 6.45) is -5.58. The molecule has 2 heterocycles. The molecule has 1 aromatic carbocycles. The number of carbonyl (C=O) groups excluding carboxylic acids is 1. The van der Waals surface area contributed by atoms with Gasteiger partial charge in [0.25, 0.3) is 5.56 Å². The van der Waals surface area contributed by atoms with E-state index in [1.165, 1.54) is 18.5 Å². The summed E-state index contributed by atoms with van der Waals surface area (Å²) in [7, 11) is 1.21. The van der Waals surface area contributed by atoms with Crippen molar-refractivity contribution >= 4 is 28.1 Å². The van der Waals surface area contributed by atoms with E-state index in [0.29, 0.717) is 0 Å². The quantitative estimate of drug-likeness (QED) is 0.288. The number of nitrogens with one attached hydrogen (secondary N) is 3. The molecule has 0 fully saturated rings. The number of hydrogen-bond acceptors (Lipinski definition) is 8. The number of nitrogens with zero attached hydrogens (tertiary/aromatic N) is 2. The summed E-state index contributed by atoms with van der Waals surface area (Å²) >= 11 is 0.950. The minimum atomic E-state index is -5.04. The van der Waals surface area contributed by atoms with Gasteiger partial charge in [-0.25, -0.2) is 14.2 Å². The van der Waals surface area contributed by atoms with Crippen LogP contribution < -0.4 is 27.0 Å². The molecule has 0 radical (unpaired) electrons. The monoisotopic (exact) mass is 500 g/mol. The maximum atomic E-state index is 13.9. The van der Waals surface area contributed by atoms with Crippen molar-refractivity contribution < 1.29 is 27.1 Å². The molecule has 10 nitrogen and oxygen atoms in total. The number of rotatable bonds is 7. The Morgan fingerprint density at radius 3 is 2.68 bits per heavy atom. The van der Waals surface area contributed by atoms with Gasteiger partial charge < -0.3 is 26.2 Å². The minimum Gasteiger partial charge on any atom is -0.403 e. The summed E-state index contributed by atoms with van der Waals surface area (Å²) in [6.45, 7) is -0.232. The fraction of sp³-hybridized carbons (Fsp3) is 0.211. The molecule has 0 unspecified atom stereocenters. The van der Waals surface area contributed by atoms with Crippen molar-refractivity contribution in [2.75, 3.05) is 5.32 Å². The molecule has 0 bridgehead atoms. The van der Waals surface area contributed by atoms with Gasteiger partial charge in [0.1, 0.15) is 0 Å². The Labute approximate surface area is 191 Å². The van der Waals surface area contributed by atoms with Crippen LogP contribution in [0.1, 0.15) is 17.7 Å². The molecule has 180 valence electrons. The Morgan fingerprint density at radius 2 is 2.06 bits per heavy atom. The van der Waals surface area contributed by atoms with Crippen molar-refractivity contribution in [2.45, 2.75) is 19.3 Å². The maximum Gasteiger partial charge on any atom is 0.573 e. The lowest BCUT2D eigenvalue weighted by Crippen LogP contribution is -2.39. The van der Waals surface area contributed by atoms with Gasteiger partial charge in [0.2, 0.25) is 5.91 Å². The van der Waals surface area contributed by atoms with Gasteiger partial charge in [-0.05, 0) is 18.2 Å². The Kier molecular flexibility index (Phi) is 6.97. The molecule has 15 heteroatoms. The normalized spacial score (nSPS) is 11.4. The largest absolute Gasteiger partial charge is 0.573 e. The van der Waals surface area contributed by atoms with Gasteiger partial charge >= 0.3 is 12.1 Å². The number of aromatic amines is 1. The molecule has 0 saturated heterocycles. The van der Waals surface area contributed by atoms with E-state index in [-0.39, 0.29) is 39.9 Å². The second-order valence-electron chi connectivity index (χ2n) is 6.79. The molecule has 0 aliphatic heterocycles. The highest BCUT2D eigenvalue weighted by Gasteiger charge is 2.32. The minimum absolute atomic E-state index is 0.0161. The molecule has 2 aromatic heterocycles. The first-order valence-corrected chi connectivity index (χ1v) is 10.2. The van der Waals surface area contributed by atoms with E-state index in [2.05, 4.69) is 20.0 Å². The van der Waals surface area contributed by atoms with Gasteiger partial charge in [-0.15, -0.1) is 24.5 Å². The molecular weight excluding hydrogens is 484 g/mol. The van der Waals surface area contributed by atoms with E-state index in [1.807, 2.05) is 0 Å². The Balaban J connectivity index is 1.73. The Bertz CT molecular complexity index is 1380. The number of amides is 1. The lowest BCUT2D eigenvalue weighted by Gasteiger charge is -2.10. The van der Waals surface area contributed by atoms with Crippen LogP contribution in [0, 0.1) is 11.2 Å². The zero-order chi connectivity index (χ0) is 25.2. The number of anilines is 1. The summed E-state index contributed by atoms with van der Waals surface area (Å²) in [5.74, 6) is -2.95. The van der Waals surface area contributed by atoms with E-state index >= 15 is 0 Å². The zero-order valence-corrected chi connectivity index (χ0v) is 18.1. The number of H-pyrrole nitrogens is 1. The van der Waals surface area contributed by atoms with Gasteiger partial charge in [0, 0.05) is 30.2 Å². The second kappa shape index (κ2) is 9.56. The molecule has 1 amide bonds. The van der Waals surface area contributed by atoms with Crippen molar-refractivity contribution in [2.24, 2.45) is 12.8 Å². The average molecular weight is 500 g/mol. The highest BCUT2D eigenvalue weighted by Crippen LogP contribution is 2.31. The van der Waals surface area contributed by atoms with Crippen LogP contribution in [-0.2, 0) is 18.4 Å². The summed E-state index contributed by atoms with van der Waals surface area (Å²) < 4.78 is 55.1. The van der Waals surface area contributed by atoms with E-state index in [1.54, 1.807) is 0 Å². The second-order valence-corrected chi connectivity index (χ2v) is 7.64. The number of hydrogen-bond donors (Lipinski definition) is 4. The number of nitrogens with two attached hydrogens (primary N) is 1. The maximum absolute atomic E-state index is 13.9. The molecule has 0 aliphatic rings. The van der Waals surface area contributed by atoms with Crippen LogP contribution in [-0.4, -0.2) is 32.5 Å². The van der Waals surface area contributed by atoms with Crippen LogP contribution in [0.2, 0.25) is 0 Å². The first kappa shape index (κ1) is 24.8. The van der Waals surface area contributed by atoms with Crippen molar-refractivity contribution in [1.82, 2.24) is 14.5 Å². The molecule has 3 rings (SSSR count). The SMILES string of the molecule is Cn1c(=O)[nH]c(CN)c(C(=N)CC(=O)Nc2nc(-c3ccc(OC(F)(F)F)c(F)c3)cs2)c1=O. The van der Waals surface area contributed by atoms with E-state index < -0.39 is 41.5 Å². The van der Waals surface area contributed by atoms with Crippen LogP contribution in [0.5, 0.6) is 5.75 Å². The van der Waals surface area contributed by atoms with Crippen molar-refractivity contribution in [3.05, 3.63) is 61.5 Å². The smallest absolute Gasteiger partial charge is 0.403 e.